The number of halogens is 1. The van der Waals surface area contributed by atoms with Gasteiger partial charge in [0.2, 0.25) is 11.0 Å². The van der Waals surface area contributed by atoms with Crippen LogP contribution in [0.1, 0.15) is 63.8 Å². The molecular weight excluding hydrogens is 332 g/mol. The van der Waals surface area contributed by atoms with Gasteiger partial charge in [-0.25, -0.2) is 0 Å². The highest BCUT2D eigenvalue weighted by Gasteiger charge is 2.22. The first-order chi connectivity index (χ1) is 10.6. The minimum Gasteiger partial charge on any atom is -0.316 e. The first kappa shape index (κ1) is 20.3. The lowest BCUT2D eigenvalue weighted by molar-refractivity contribution is -0.117. The number of aromatic nitrogens is 2. The van der Waals surface area contributed by atoms with Gasteiger partial charge in [-0.05, 0) is 50.6 Å². The summed E-state index contributed by atoms with van der Waals surface area (Å²) >= 11 is 1.51. The molecule has 5 nitrogen and oxygen atoms in total. The van der Waals surface area contributed by atoms with Gasteiger partial charge >= 0.3 is 0 Å². The van der Waals surface area contributed by atoms with Gasteiger partial charge in [-0.2, -0.15) is 0 Å². The van der Waals surface area contributed by atoms with Crippen LogP contribution in [0.5, 0.6) is 0 Å². The summed E-state index contributed by atoms with van der Waals surface area (Å²) in [7, 11) is 0. The van der Waals surface area contributed by atoms with Crippen LogP contribution in [0.2, 0.25) is 0 Å². The Hall–Kier alpha value is -0.720. The Morgan fingerprint density at radius 1 is 1.39 bits per heavy atom. The third-order valence-electron chi connectivity index (χ3n) is 4.67. The maximum Gasteiger partial charge on any atom is 0.226 e. The summed E-state index contributed by atoms with van der Waals surface area (Å²) < 4.78 is 0. The Bertz CT molecular complexity index is 472. The van der Waals surface area contributed by atoms with Gasteiger partial charge in [0.15, 0.2) is 0 Å². The third kappa shape index (κ3) is 6.01. The zero-order chi connectivity index (χ0) is 15.9. The summed E-state index contributed by atoms with van der Waals surface area (Å²) in [5, 5.41) is 16.3. The van der Waals surface area contributed by atoms with Crippen molar-refractivity contribution >= 4 is 34.8 Å². The predicted octanol–water partition coefficient (Wildman–Crippen LogP) is 3.83. The van der Waals surface area contributed by atoms with Crippen LogP contribution in [-0.2, 0) is 4.79 Å². The molecule has 23 heavy (non-hydrogen) atoms. The number of rotatable bonds is 7. The summed E-state index contributed by atoms with van der Waals surface area (Å²) in [6.45, 7) is 8.64. The third-order valence-corrected chi connectivity index (χ3v) is 5.67. The van der Waals surface area contributed by atoms with E-state index >= 15 is 0 Å². The van der Waals surface area contributed by atoms with E-state index in [2.05, 4.69) is 41.6 Å². The standard InChI is InChI=1S/C16H28N4OS.ClH/c1-4-12(5-2)15-19-20-16(22-15)18-14(21)9-11(3)13-7-6-8-17-10-13;/h11-13,17H,4-10H2,1-3H3,(H,18,20,21);1H. The van der Waals surface area contributed by atoms with Crippen LogP contribution in [0, 0.1) is 11.8 Å². The number of hydrogen-bond donors (Lipinski definition) is 2. The molecule has 2 heterocycles. The maximum absolute atomic E-state index is 12.2. The zero-order valence-corrected chi connectivity index (χ0v) is 15.9. The van der Waals surface area contributed by atoms with E-state index in [4.69, 9.17) is 0 Å². The van der Waals surface area contributed by atoms with Gasteiger partial charge in [-0.1, -0.05) is 32.1 Å². The molecule has 1 aromatic heterocycles. The smallest absolute Gasteiger partial charge is 0.226 e. The van der Waals surface area contributed by atoms with Gasteiger partial charge in [0, 0.05) is 12.3 Å². The Labute approximate surface area is 149 Å². The molecule has 1 aromatic rings. The molecular formula is C16H29ClN4OS. The second-order valence-corrected chi connectivity index (χ2v) is 7.30. The van der Waals surface area contributed by atoms with Crippen molar-refractivity contribution in [2.75, 3.05) is 18.4 Å². The monoisotopic (exact) mass is 360 g/mol. The molecule has 2 unspecified atom stereocenters. The van der Waals surface area contributed by atoms with E-state index in [0.717, 1.165) is 30.9 Å². The molecule has 132 valence electrons. The Morgan fingerprint density at radius 2 is 2.13 bits per heavy atom. The van der Waals surface area contributed by atoms with E-state index in [9.17, 15) is 4.79 Å². The summed E-state index contributed by atoms with van der Waals surface area (Å²) in [6.07, 6.45) is 5.12. The number of amides is 1. The summed E-state index contributed by atoms with van der Waals surface area (Å²) in [6, 6.07) is 0. The van der Waals surface area contributed by atoms with Crippen molar-refractivity contribution in [3.63, 3.8) is 0 Å². The molecule has 2 rings (SSSR count). The van der Waals surface area contributed by atoms with E-state index < -0.39 is 0 Å². The minimum absolute atomic E-state index is 0. The number of nitrogens with one attached hydrogen (secondary N) is 2. The first-order valence-corrected chi connectivity index (χ1v) is 9.29. The molecule has 0 bridgehead atoms. The molecule has 0 radical (unpaired) electrons. The van der Waals surface area contributed by atoms with Crippen molar-refractivity contribution in [3.05, 3.63) is 5.01 Å². The lowest BCUT2D eigenvalue weighted by atomic mass is 9.85. The molecule has 1 saturated heterocycles. The lowest BCUT2D eigenvalue weighted by Crippen LogP contribution is -2.34. The average molecular weight is 361 g/mol. The number of hydrogen-bond acceptors (Lipinski definition) is 5. The quantitative estimate of drug-likeness (QED) is 0.775. The predicted molar refractivity (Wildman–Crippen MR) is 98.5 cm³/mol. The van der Waals surface area contributed by atoms with Crippen LogP contribution in [0.3, 0.4) is 0 Å². The highest BCUT2D eigenvalue weighted by atomic mass is 35.5. The molecule has 0 aliphatic carbocycles. The normalized spacial score (nSPS) is 19.2. The lowest BCUT2D eigenvalue weighted by Gasteiger charge is -2.27. The number of nitrogens with zero attached hydrogens (tertiary/aromatic N) is 2. The van der Waals surface area contributed by atoms with Crippen LogP contribution >= 0.6 is 23.7 Å². The van der Waals surface area contributed by atoms with Crippen molar-refractivity contribution in [3.8, 4) is 0 Å². The second kappa shape index (κ2) is 10.2. The fourth-order valence-corrected chi connectivity index (χ4v) is 4.11. The molecule has 0 spiro atoms. The van der Waals surface area contributed by atoms with Crippen LogP contribution in [0.15, 0.2) is 0 Å². The highest BCUT2D eigenvalue weighted by molar-refractivity contribution is 7.15. The molecule has 1 aliphatic heterocycles. The summed E-state index contributed by atoms with van der Waals surface area (Å²) in [5.41, 5.74) is 0. The van der Waals surface area contributed by atoms with E-state index in [1.165, 1.54) is 24.2 Å². The highest BCUT2D eigenvalue weighted by Crippen LogP contribution is 2.28. The van der Waals surface area contributed by atoms with Gasteiger partial charge < -0.3 is 10.6 Å². The van der Waals surface area contributed by atoms with Crippen molar-refractivity contribution < 1.29 is 4.79 Å². The number of piperidine rings is 1. The van der Waals surface area contributed by atoms with Crippen LogP contribution in [-0.4, -0.2) is 29.2 Å². The van der Waals surface area contributed by atoms with Crippen molar-refractivity contribution in [2.24, 2.45) is 11.8 Å². The van der Waals surface area contributed by atoms with Gasteiger partial charge in [0.1, 0.15) is 5.01 Å². The second-order valence-electron chi connectivity index (χ2n) is 6.29. The molecule has 2 N–H and O–H groups in total. The van der Waals surface area contributed by atoms with Crippen LogP contribution in [0.4, 0.5) is 5.13 Å². The van der Waals surface area contributed by atoms with E-state index in [1.807, 2.05) is 0 Å². The minimum atomic E-state index is 0. The number of anilines is 1. The molecule has 1 amide bonds. The largest absolute Gasteiger partial charge is 0.316 e. The molecule has 7 heteroatoms. The number of carbonyl (C=O) groups excluding carboxylic acids is 1. The summed E-state index contributed by atoms with van der Waals surface area (Å²) in [4.78, 5) is 12.2. The van der Waals surface area contributed by atoms with Crippen molar-refractivity contribution in [1.82, 2.24) is 15.5 Å². The Balaban J connectivity index is 0.00000264. The Kier molecular flexibility index (Phi) is 9.02. The molecule has 1 aliphatic rings. The van der Waals surface area contributed by atoms with E-state index in [0.29, 0.717) is 29.3 Å². The summed E-state index contributed by atoms with van der Waals surface area (Å²) in [5.74, 6) is 1.52. The average Bonchev–Trinajstić information content (AvgIpc) is 2.97. The van der Waals surface area contributed by atoms with Gasteiger partial charge in [-0.15, -0.1) is 22.6 Å². The van der Waals surface area contributed by atoms with Gasteiger partial charge in [0.25, 0.3) is 0 Å². The van der Waals surface area contributed by atoms with Gasteiger partial charge in [-0.3, -0.25) is 4.79 Å². The molecule has 0 saturated carbocycles. The van der Waals surface area contributed by atoms with Crippen LogP contribution < -0.4 is 10.6 Å². The SMILES string of the molecule is CCC(CC)c1nnc(NC(=O)CC(C)C2CCCNC2)s1.Cl. The fraction of sp³-hybridized carbons (Fsp3) is 0.812. The molecule has 0 aromatic carbocycles. The maximum atomic E-state index is 12.2. The molecule has 1 fully saturated rings. The first-order valence-electron chi connectivity index (χ1n) is 8.48. The van der Waals surface area contributed by atoms with Gasteiger partial charge in [0.05, 0.1) is 0 Å². The van der Waals surface area contributed by atoms with E-state index in [1.54, 1.807) is 0 Å². The van der Waals surface area contributed by atoms with Crippen molar-refractivity contribution in [2.45, 2.75) is 58.8 Å². The number of carbonyl (C=O) groups is 1. The van der Waals surface area contributed by atoms with Crippen LogP contribution in [0.25, 0.3) is 0 Å². The fourth-order valence-electron chi connectivity index (χ4n) is 3.08. The zero-order valence-electron chi connectivity index (χ0n) is 14.3. The Morgan fingerprint density at radius 3 is 2.74 bits per heavy atom. The van der Waals surface area contributed by atoms with E-state index in [-0.39, 0.29) is 18.3 Å². The molecule has 2 atom stereocenters. The van der Waals surface area contributed by atoms with Crippen molar-refractivity contribution in [1.29, 1.82) is 0 Å². The topological polar surface area (TPSA) is 66.9 Å².